The summed E-state index contributed by atoms with van der Waals surface area (Å²) in [5, 5.41) is 0. The molecule has 6 nitrogen and oxygen atoms in total. The first-order valence-corrected chi connectivity index (χ1v) is 9.35. The Labute approximate surface area is 138 Å². The van der Waals surface area contributed by atoms with Gasteiger partial charge in [0.15, 0.2) is 6.10 Å². The largest absolute Gasteiger partial charge is 0.479 e. The van der Waals surface area contributed by atoms with Gasteiger partial charge in [-0.1, -0.05) is 13.8 Å². The molecule has 0 saturated carbocycles. The van der Waals surface area contributed by atoms with Gasteiger partial charge in [0.05, 0.1) is 10.6 Å². The number of hydrogen-bond donors (Lipinski definition) is 0. The van der Waals surface area contributed by atoms with Crippen molar-refractivity contribution < 1.29 is 17.9 Å². The number of rotatable bonds is 6. The Hall–Kier alpha value is -1.60. The number of anilines is 1. The molecule has 1 amide bonds. The van der Waals surface area contributed by atoms with Gasteiger partial charge in [-0.2, -0.15) is 4.31 Å². The first-order chi connectivity index (χ1) is 10.8. The van der Waals surface area contributed by atoms with E-state index >= 15 is 0 Å². The third kappa shape index (κ3) is 3.35. The third-order valence-corrected chi connectivity index (χ3v) is 5.75. The minimum absolute atomic E-state index is 0.189. The average Bonchev–Trinajstić information content (AvgIpc) is 2.52. The fourth-order valence-electron chi connectivity index (χ4n) is 2.65. The molecule has 1 aromatic carbocycles. The maximum absolute atomic E-state index is 12.8. The smallest absolute Gasteiger partial charge is 0.267 e. The van der Waals surface area contributed by atoms with E-state index in [-0.39, 0.29) is 10.8 Å². The Balaban J connectivity index is 2.43. The van der Waals surface area contributed by atoms with E-state index < -0.39 is 16.1 Å². The summed E-state index contributed by atoms with van der Waals surface area (Å²) in [5.74, 6) is 0.335. The standard InChI is InChI=1S/C16H24N2O4S/c1-5-9-18(10-6-2)23(20,21)13-7-8-15-14(11-13)17(4)16(19)12(3)22-15/h7-8,11-12H,5-6,9-10H2,1-4H3. The highest BCUT2D eigenvalue weighted by Gasteiger charge is 2.31. The van der Waals surface area contributed by atoms with Crippen molar-refractivity contribution in [2.24, 2.45) is 0 Å². The number of benzene rings is 1. The summed E-state index contributed by atoms with van der Waals surface area (Å²) in [6, 6.07) is 4.69. The maximum atomic E-state index is 12.8. The van der Waals surface area contributed by atoms with Crippen LogP contribution in [0.15, 0.2) is 23.1 Å². The first kappa shape index (κ1) is 17.7. The van der Waals surface area contributed by atoms with Gasteiger partial charge < -0.3 is 9.64 Å². The fourth-order valence-corrected chi connectivity index (χ4v) is 4.30. The van der Waals surface area contributed by atoms with E-state index in [0.717, 1.165) is 12.8 Å². The van der Waals surface area contributed by atoms with Crippen LogP contribution < -0.4 is 9.64 Å². The van der Waals surface area contributed by atoms with Crippen LogP contribution in [0.4, 0.5) is 5.69 Å². The van der Waals surface area contributed by atoms with E-state index in [1.807, 2.05) is 13.8 Å². The van der Waals surface area contributed by atoms with Gasteiger partial charge in [0, 0.05) is 20.1 Å². The summed E-state index contributed by atoms with van der Waals surface area (Å²) < 4.78 is 32.7. The van der Waals surface area contributed by atoms with E-state index in [2.05, 4.69) is 0 Å². The van der Waals surface area contributed by atoms with Crippen LogP contribution in [-0.4, -0.2) is 44.9 Å². The van der Waals surface area contributed by atoms with Crippen molar-refractivity contribution in [3.63, 3.8) is 0 Å². The van der Waals surface area contributed by atoms with Gasteiger partial charge in [-0.05, 0) is 38.0 Å². The zero-order chi connectivity index (χ0) is 17.2. The fraction of sp³-hybridized carbons (Fsp3) is 0.562. The lowest BCUT2D eigenvalue weighted by Gasteiger charge is -2.31. The molecule has 0 bridgehead atoms. The molecule has 0 spiro atoms. The Bertz CT molecular complexity index is 681. The number of amides is 1. The number of hydrogen-bond acceptors (Lipinski definition) is 4. The molecule has 1 atom stereocenters. The van der Waals surface area contributed by atoms with E-state index in [1.165, 1.54) is 15.3 Å². The van der Waals surface area contributed by atoms with Crippen LogP contribution in [0.25, 0.3) is 0 Å². The second-order valence-corrected chi connectivity index (χ2v) is 7.63. The second kappa shape index (κ2) is 6.88. The predicted octanol–water partition coefficient (Wildman–Crippen LogP) is 2.24. The second-order valence-electron chi connectivity index (χ2n) is 5.69. The predicted molar refractivity (Wildman–Crippen MR) is 89.3 cm³/mol. The highest BCUT2D eigenvalue weighted by atomic mass is 32.2. The quantitative estimate of drug-likeness (QED) is 0.796. The zero-order valence-corrected chi connectivity index (χ0v) is 14.9. The number of ether oxygens (including phenoxy) is 1. The minimum Gasteiger partial charge on any atom is -0.479 e. The summed E-state index contributed by atoms with van der Waals surface area (Å²) >= 11 is 0. The molecular weight excluding hydrogens is 316 g/mol. The van der Waals surface area contributed by atoms with Crippen molar-refractivity contribution in [1.29, 1.82) is 0 Å². The van der Waals surface area contributed by atoms with Crippen molar-refractivity contribution in [1.82, 2.24) is 4.31 Å². The molecule has 1 heterocycles. The minimum atomic E-state index is -3.57. The molecule has 23 heavy (non-hydrogen) atoms. The molecule has 0 aliphatic carbocycles. The zero-order valence-electron chi connectivity index (χ0n) is 14.1. The van der Waals surface area contributed by atoms with Crippen LogP contribution in [0.5, 0.6) is 5.75 Å². The van der Waals surface area contributed by atoms with Gasteiger partial charge in [-0.25, -0.2) is 8.42 Å². The van der Waals surface area contributed by atoms with Crippen molar-refractivity contribution in [2.45, 2.75) is 44.6 Å². The van der Waals surface area contributed by atoms with Crippen LogP contribution in [0.3, 0.4) is 0 Å². The highest BCUT2D eigenvalue weighted by molar-refractivity contribution is 7.89. The Morgan fingerprint density at radius 1 is 1.22 bits per heavy atom. The summed E-state index contributed by atoms with van der Waals surface area (Å²) in [7, 11) is -1.94. The molecule has 0 saturated heterocycles. The molecular formula is C16H24N2O4S. The average molecular weight is 340 g/mol. The lowest BCUT2D eigenvalue weighted by molar-refractivity contribution is -0.125. The van der Waals surface area contributed by atoms with Gasteiger partial charge in [0.1, 0.15) is 5.75 Å². The van der Waals surface area contributed by atoms with Crippen molar-refractivity contribution in [2.75, 3.05) is 25.0 Å². The Morgan fingerprint density at radius 3 is 2.39 bits per heavy atom. The Kier molecular flexibility index (Phi) is 5.31. The monoisotopic (exact) mass is 340 g/mol. The lowest BCUT2D eigenvalue weighted by Crippen LogP contribution is -2.42. The molecule has 1 aliphatic heterocycles. The number of fused-ring (bicyclic) bond motifs is 1. The van der Waals surface area contributed by atoms with E-state index in [1.54, 1.807) is 26.1 Å². The van der Waals surface area contributed by atoms with Crippen molar-refractivity contribution in [3.8, 4) is 5.75 Å². The van der Waals surface area contributed by atoms with Crippen LogP contribution in [0, 0.1) is 0 Å². The van der Waals surface area contributed by atoms with E-state index in [4.69, 9.17) is 4.74 Å². The number of likely N-dealkylation sites (N-methyl/N-ethyl adjacent to an activating group) is 1. The number of sulfonamides is 1. The number of nitrogens with zero attached hydrogens (tertiary/aromatic N) is 2. The van der Waals surface area contributed by atoms with E-state index in [9.17, 15) is 13.2 Å². The van der Waals surface area contributed by atoms with Crippen LogP contribution in [0.1, 0.15) is 33.6 Å². The molecule has 128 valence electrons. The van der Waals surface area contributed by atoms with E-state index in [0.29, 0.717) is 24.5 Å². The molecule has 0 N–H and O–H groups in total. The lowest BCUT2D eigenvalue weighted by atomic mass is 10.2. The normalized spacial score (nSPS) is 18.0. The molecule has 2 rings (SSSR count). The molecule has 0 fully saturated rings. The third-order valence-electron chi connectivity index (χ3n) is 3.86. The van der Waals surface area contributed by atoms with Crippen LogP contribution >= 0.6 is 0 Å². The first-order valence-electron chi connectivity index (χ1n) is 7.91. The molecule has 1 aliphatic rings. The molecule has 0 radical (unpaired) electrons. The SMILES string of the molecule is CCCN(CCC)S(=O)(=O)c1ccc2c(c1)N(C)C(=O)C(C)O2. The van der Waals surface area contributed by atoms with Gasteiger partial charge in [-0.3, -0.25) is 4.79 Å². The van der Waals surface area contributed by atoms with Crippen molar-refractivity contribution >= 4 is 21.6 Å². The van der Waals surface area contributed by atoms with Crippen LogP contribution in [0.2, 0.25) is 0 Å². The maximum Gasteiger partial charge on any atom is 0.267 e. The summed E-state index contributed by atoms with van der Waals surface area (Å²) in [6.07, 6.45) is 0.943. The highest BCUT2D eigenvalue weighted by Crippen LogP contribution is 2.35. The van der Waals surface area contributed by atoms with Gasteiger partial charge in [-0.15, -0.1) is 0 Å². The summed E-state index contributed by atoms with van der Waals surface area (Å²) in [5.41, 5.74) is 0.488. The summed E-state index contributed by atoms with van der Waals surface area (Å²) in [4.78, 5) is 13.7. The van der Waals surface area contributed by atoms with Gasteiger partial charge in [0.25, 0.3) is 5.91 Å². The molecule has 1 unspecified atom stereocenters. The van der Waals surface area contributed by atoms with Crippen molar-refractivity contribution in [3.05, 3.63) is 18.2 Å². The number of carbonyl (C=O) groups is 1. The molecule has 1 aromatic rings. The van der Waals surface area contributed by atoms with Gasteiger partial charge in [0.2, 0.25) is 10.0 Å². The molecule has 7 heteroatoms. The topological polar surface area (TPSA) is 66.9 Å². The van der Waals surface area contributed by atoms with Crippen LogP contribution in [-0.2, 0) is 14.8 Å². The summed E-state index contributed by atoms with van der Waals surface area (Å²) in [6.45, 7) is 6.54. The number of carbonyl (C=O) groups excluding carboxylic acids is 1. The Morgan fingerprint density at radius 2 is 1.83 bits per heavy atom. The van der Waals surface area contributed by atoms with Gasteiger partial charge >= 0.3 is 0 Å². The molecule has 0 aromatic heterocycles.